The van der Waals surface area contributed by atoms with E-state index in [0.717, 1.165) is 17.9 Å². The molecule has 0 unspecified atom stereocenters. The summed E-state index contributed by atoms with van der Waals surface area (Å²) >= 11 is 5.32. The summed E-state index contributed by atoms with van der Waals surface area (Å²) in [5.74, 6) is 0.587. The predicted octanol–water partition coefficient (Wildman–Crippen LogP) is 2.81. The SMILES string of the molecule is CCn1cnnc1Cn1c(=S)[nH]c2cc(F)c(C)cc21. The van der Waals surface area contributed by atoms with Crippen molar-refractivity contribution in [1.82, 2.24) is 24.3 Å². The topological polar surface area (TPSA) is 51.4 Å². The van der Waals surface area contributed by atoms with E-state index in [1.165, 1.54) is 6.07 Å². The highest BCUT2D eigenvalue weighted by Gasteiger charge is 2.11. The first kappa shape index (κ1) is 13.0. The Morgan fingerprint density at radius 1 is 1.40 bits per heavy atom. The minimum atomic E-state index is -0.238. The van der Waals surface area contributed by atoms with Crippen molar-refractivity contribution in [3.63, 3.8) is 0 Å². The highest BCUT2D eigenvalue weighted by Crippen LogP contribution is 2.19. The summed E-state index contributed by atoms with van der Waals surface area (Å²) in [4.78, 5) is 3.03. The Kier molecular flexibility index (Phi) is 3.13. The van der Waals surface area contributed by atoms with Crippen molar-refractivity contribution in [2.45, 2.75) is 26.9 Å². The lowest BCUT2D eigenvalue weighted by atomic mass is 10.2. The number of aryl methyl sites for hydroxylation is 2. The highest BCUT2D eigenvalue weighted by atomic mass is 32.1. The van der Waals surface area contributed by atoms with E-state index in [1.54, 1.807) is 19.3 Å². The molecular formula is C13H14FN5S. The van der Waals surface area contributed by atoms with Crippen LogP contribution in [0.4, 0.5) is 4.39 Å². The smallest absolute Gasteiger partial charge is 0.178 e. The lowest BCUT2D eigenvalue weighted by Crippen LogP contribution is -2.07. The number of hydrogen-bond donors (Lipinski definition) is 1. The second-order valence-corrected chi connectivity index (χ2v) is 5.05. The Bertz CT molecular complexity index is 829. The van der Waals surface area contributed by atoms with Crippen LogP contribution < -0.4 is 0 Å². The number of hydrogen-bond acceptors (Lipinski definition) is 3. The van der Waals surface area contributed by atoms with Gasteiger partial charge in [0.05, 0.1) is 17.6 Å². The number of nitrogens with zero attached hydrogens (tertiary/aromatic N) is 4. The van der Waals surface area contributed by atoms with Crippen LogP contribution in [0, 0.1) is 17.5 Å². The standard InChI is InChI=1S/C13H14FN5S/c1-3-18-7-15-17-12(18)6-19-11-4-8(2)9(14)5-10(11)16-13(19)20/h4-5,7H,3,6H2,1-2H3,(H,16,20). The normalized spacial score (nSPS) is 11.3. The maximum Gasteiger partial charge on any atom is 0.178 e. The summed E-state index contributed by atoms with van der Waals surface area (Å²) in [6.45, 7) is 5.08. The summed E-state index contributed by atoms with van der Waals surface area (Å²) in [7, 11) is 0. The van der Waals surface area contributed by atoms with Crippen molar-refractivity contribution in [1.29, 1.82) is 0 Å². The molecule has 3 aromatic rings. The molecule has 0 bridgehead atoms. The Morgan fingerprint density at radius 2 is 2.20 bits per heavy atom. The van der Waals surface area contributed by atoms with Crippen LogP contribution in [0.3, 0.4) is 0 Å². The second kappa shape index (κ2) is 4.82. The minimum absolute atomic E-state index is 0.238. The fourth-order valence-electron chi connectivity index (χ4n) is 2.25. The Labute approximate surface area is 120 Å². The molecule has 5 nitrogen and oxygen atoms in total. The summed E-state index contributed by atoms with van der Waals surface area (Å²) in [5.41, 5.74) is 2.16. The van der Waals surface area contributed by atoms with Crippen LogP contribution in [0.15, 0.2) is 18.5 Å². The first-order valence-corrected chi connectivity index (χ1v) is 6.76. The van der Waals surface area contributed by atoms with Crippen LogP contribution in [0.25, 0.3) is 11.0 Å². The van der Waals surface area contributed by atoms with E-state index in [4.69, 9.17) is 12.2 Å². The van der Waals surface area contributed by atoms with Gasteiger partial charge < -0.3 is 14.1 Å². The molecule has 0 saturated carbocycles. The zero-order chi connectivity index (χ0) is 14.3. The van der Waals surface area contributed by atoms with Crippen molar-refractivity contribution in [2.24, 2.45) is 0 Å². The highest BCUT2D eigenvalue weighted by molar-refractivity contribution is 7.71. The quantitative estimate of drug-likeness (QED) is 0.755. The molecule has 1 aromatic carbocycles. The van der Waals surface area contributed by atoms with Gasteiger partial charge in [0.1, 0.15) is 12.1 Å². The first-order valence-electron chi connectivity index (χ1n) is 6.35. The van der Waals surface area contributed by atoms with E-state index >= 15 is 0 Å². The fourth-order valence-corrected chi connectivity index (χ4v) is 2.52. The van der Waals surface area contributed by atoms with Gasteiger partial charge in [-0.3, -0.25) is 0 Å². The zero-order valence-corrected chi connectivity index (χ0v) is 12.0. The number of aromatic amines is 1. The largest absolute Gasteiger partial charge is 0.330 e. The van der Waals surface area contributed by atoms with Crippen molar-refractivity contribution in [3.8, 4) is 0 Å². The fraction of sp³-hybridized carbons (Fsp3) is 0.308. The van der Waals surface area contributed by atoms with Gasteiger partial charge in [0, 0.05) is 6.54 Å². The molecule has 0 aliphatic heterocycles. The third-order valence-corrected chi connectivity index (χ3v) is 3.71. The average Bonchev–Trinajstić information content (AvgIpc) is 2.97. The molecule has 3 rings (SSSR count). The first-order chi connectivity index (χ1) is 9.60. The molecule has 7 heteroatoms. The average molecular weight is 291 g/mol. The summed E-state index contributed by atoms with van der Waals surface area (Å²) in [5, 5.41) is 8.02. The van der Waals surface area contributed by atoms with Gasteiger partial charge in [-0.05, 0) is 43.8 Å². The zero-order valence-electron chi connectivity index (χ0n) is 11.2. The molecule has 0 atom stereocenters. The minimum Gasteiger partial charge on any atom is -0.330 e. The number of imidazole rings is 1. The molecule has 2 aromatic heterocycles. The van der Waals surface area contributed by atoms with Crippen LogP contribution in [0.2, 0.25) is 0 Å². The monoisotopic (exact) mass is 291 g/mol. The molecule has 0 saturated heterocycles. The summed E-state index contributed by atoms with van der Waals surface area (Å²) < 4.78 is 18.0. The van der Waals surface area contributed by atoms with Gasteiger partial charge in [0.15, 0.2) is 10.6 Å². The number of nitrogens with one attached hydrogen (secondary N) is 1. The van der Waals surface area contributed by atoms with Crippen LogP contribution >= 0.6 is 12.2 Å². The van der Waals surface area contributed by atoms with Crippen molar-refractivity contribution < 1.29 is 4.39 Å². The molecule has 2 heterocycles. The lowest BCUT2D eigenvalue weighted by molar-refractivity contribution is 0.620. The van der Waals surface area contributed by atoms with Gasteiger partial charge >= 0.3 is 0 Å². The van der Waals surface area contributed by atoms with Gasteiger partial charge in [0.25, 0.3) is 0 Å². The maximum atomic E-state index is 13.6. The maximum absolute atomic E-state index is 13.6. The number of benzene rings is 1. The van der Waals surface area contributed by atoms with Crippen LogP contribution in [-0.2, 0) is 13.1 Å². The van der Waals surface area contributed by atoms with E-state index < -0.39 is 0 Å². The predicted molar refractivity (Wildman–Crippen MR) is 76.6 cm³/mol. The Balaban J connectivity index is 2.14. The number of fused-ring (bicyclic) bond motifs is 1. The molecule has 0 aliphatic carbocycles. The van der Waals surface area contributed by atoms with Crippen molar-refractivity contribution in [2.75, 3.05) is 0 Å². The van der Waals surface area contributed by atoms with E-state index in [9.17, 15) is 4.39 Å². The van der Waals surface area contributed by atoms with E-state index in [1.807, 2.05) is 16.1 Å². The number of H-pyrrole nitrogens is 1. The molecule has 0 fully saturated rings. The Morgan fingerprint density at radius 3 is 2.95 bits per heavy atom. The van der Waals surface area contributed by atoms with Crippen molar-refractivity contribution >= 4 is 23.3 Å². The second-order valence-electron chi connectivity index (χ2n) is 4.67. The Hall–Kier alpha value is -2.02. The molecule has 0 aliphatic rings. The summed E-state index contributed by atoms with van der Waals surface area (Å²) in [6, 6.07) is 3.27. The molecule has 20 heavy (non-hydrogen) atoms. The molecule has 0 radical (unpaired) electrons. The molecular weight excluding hydrogens is 277 g/mol. The van der Waals surface area contributed by atoms with Gasteiger partial charge in [-0.2, -0.15) is 0 Å². The van der Waals surface area contributed by atoms with Crippen molar-refractivity contribution in [3.05, 3.63) is 40.4 Å². The van der Waals surface area contributed by atoms with Crippen LogP contribution in [0.1, 0.15) is 18.3 Å². The summed E-state index contributed by atoms with van der Waals surface area (Å²) in [6.07, 6.45) is 1.69. The van der Waals surface area contributed by atoms with Gasteiger partial charge in [-0.1, -0.05) is 0 Å². The van der Waals surface area contributed by atoms with Crippen LogP contribution in [-0.4, -0.2) is 24.3 Å². The van der Waals surface area contributed by atoms with Gasteiger partial charge in [-0.15, -0.1) is 10.2 Å². The third kappa shape index (κ3) is 2.03. The lowest BCUT2D eigenvalue weighted by Gasteiger charge is -2.06. The van der Waals surface area contributed by atoms with E-state index in [-0.39, 0.29) is 5.82 Å². The van der Waals surface area contributed by atoms with E-state index in [0.29, 0.717) is 22.4 Å². The van der Waals surface area contributed by atoms with Crippen LogP contribution in [0.5, 0.6) is 0 Å². The van der Waals surface area contributed by atoms with Gasteiger partial charge in [-0.25, -0.2) is 4.39 Å². The number of rotatable bonds is 3. The van der Waals surface area contributed by atoms with E-state index in [2.05, 4.69) is 15.2 Å². The molecule has 104 valence electrons. The number of aromatic nitrogens is 5. The molecule has 0 spiro atoms. The molecule has 1 N–H and O–H groups in total. The molecule has 0 amide bonds. The third-order valence-electron chi connectivity index (χ3n) is 3.39. The van der Waals surface area contributed by atoms with Gasteiger partial charge in [0.2, 0.25) is 0 Å². The number of halogens is 1.